The third kappa shape index (κ3) is 5.64. The number of methoxy groups -OCH3 is 1. The molecule has 0 heterocycles. The number of urea groups is 1. The third-order valence-corrected chi connectivity index (χ3v) is 5.63. The topological polar surface area (TPSA) is 111 Å². The van der Waals surface area contributed by atoms with E-state index >= 15 is 0 Å². The van der Waals surface area contributed by atoms with Crippen LogP contribution in [-0.2, 0) is 14.9 Å². The monoisotopic (exact) mass is 454 g/mol. The molecule has 0 fully saturated rings. The molecule has 0 unspecified atom stereocenters. The second-order valence-corrected chi connectivity index (χ2v) is 8.55. The molecule has 9 heteroatoms. The van der Waals surface area contributed by atoms with Gasteiger partial charge in [-0.15, -0.1) is 0 Å². The highest BCUT2D eigenvalue weighted by atomic mass is 32.2. The number of amides is 2. The number of rotatable bonds is 6. The first-order valence-electron chi connectivity index (χ1n) is 9.56. The molecule has 0 atom stereocenters. The largest absolute Gasteiger partial charge is 0.465 e. The van der Waals surface area contributed by atoms with Crippen LogP contribution in [0.4, 0.5) is 16.2 Å². The Hall–Kier alpha value is -3.85. The van der Waals surface area contributed by atoms with Crippen LogP contribution in [0.5, 0.6) is 5.75 Å². The molecule has 166 valence electrons. The van der Waals surface area contributed by atoms with Crippen molar-refractivity contribution in [3.05, 3.63) is 83.4 Å². The van der Waals surface area contributed by atoms with Crippen LogP contribution < -0.4 is 14.8 Å². The second kappa shape index (κ2) is 9.52. The summed E-state index contributed by atoms with van der Waals surface area (Å²) in [6.45, 7) is 3.64. The Bertz CT molecular complexity index is 1270. The minimum Gasteiger partial charge on any atom is -0.465 e. The number of carbonyl (C=O) groups excluding carboxylic acids is 2. The van der Waals surface area contributed by atoms with Crippen LogP contribution in [0.15, 0.2) is 71.6 Å². The number of aryl methyl sites for hydroxylation is 2. The second-order valence-electron chi connectivity index (χ2n) is 7.01. The van der Waals surface area contributed by atoms with Crippen molar-refractivity contribution < 1.29 is 26.9 Å². The van der Waals surface area contributed by atoms with Gasteiger partial charge in [-0.1, -0.05) is 24.3 Å². The molecule has 0 aromatic heterocycles. The minimum atomic E-state index is -4.23. The molecule has 8 nitrogen and oxygen atoms in total. The molecule has 0 spiro atoms. The first-order chi connectivity index (χ1) is 15.2. The number of benzene rings is 3. The van der Waals surface area contributed by atoms with Gasteiger partial charge in [0.05, 0.1) is 7.11 Å². The van der Waals surface area contributed by atoms with Gasteiger partial charge in [0, 0.05) is 17.4 Å². The fraction of sp³-hybridized carbons (Fsp3) is 0.130. The number of ether oxygens (including phenoxy) is 1. The van der Waals surface area contributed by atoms with Gasteiger partial charge in [-0.2, -0.15) is 8.42 Å². The van der Waals surface area contributed by atoms with Crippen molar-refractivity contribution in [2.75, 3.05) is 17.7 Å². The Labute approximate surface area is 186 Å². The number of hydrogen-bond acceptors (Lipinski definition) is 6. The summed E-state index contributed by atoms with van der Waals surface area (Å²) in [5, 5.41) is 5.27. The summed E-state index contributed by atoms with van der Waals surface area (Å²) in [5.74, 6) is -1.05. The zero-order chi connectivity index (χ0) is 23.3. The van der Waals surface area contributed by atoms with Crippen molar-refractivity contribution in [2.45, 2.75) is 18.7 Å². The summed E-state index contributed by atoms with van der Waals surface area (Å²) in [6.07, 6.45) is 0. The van der Waals surface area contributed by atoms with Crippen LogP contribution in [0.3, 0.4) is 0 Å². The van der Waals surface area contributed by atoms with E-state index in [4.69, 9.17) is 8.92 Å². The molecule has 32 heavy (non-hydrogen) atoms. The molecular weight excluding hydrogens is 432 g/mol. The lowest BCUT2D eigenvalue weighted by molar-refractivity contribution is 0.0599. The molecule has 0 aliphatic carbocycles. The van der Waals surface area contributed by atoms with Crippen molar-refractivity contribution in [2.24, 2.45) is 0 Å². The maximum atomic E-state index is 12.7. The van der Waals surface area contributed by atoms with E-state index in [0.29, 0.717) is 5.69 Å². The first kappa shape index (κ1) is 22.8. The van der Waals surface area contributed by atoms with Gasteiger partial charge in [0.2, 0.25) is 0 Å². The maximum Gasteiger partial charge on any atom is 0.341 e. The van der Waals surface area contributed by atoms with Gasteiger partial charge in [0.15, 0.2) is 5.75 Å². The SMILES string of the molecule is COC(=O)c1ccc(NC(=O)Nc2cccc(C)c2)cc1OS(=O)(=O)c1cccc(C)c1. The fourth-order valence-electron chi connectivity index (χ4n) is 2.90. The van der Waals surface area contributed by atoms with Crippen LogP contribution in [0.1, 0.15) is 21.5 Å². The Morgan fingerprint density at radius 1 is 0.812 bits per heavy atom. The van der Waals surface area contributed by atoms with E-state index in [1.165, 1.54) is 37.4 Å². The van der Waals surface area contributed by atoms with Crippen LogP contribution in [-0.4, -0.2) is 27.5 Å². The highest BCUT2D eigenvalue weighted by Crippen LogP contribution is 2.28. The molecule has 3 rings (SSSR count). The zero-order valence-corrected chi connectivity index (χ0v) is 18.5. The number of esters is 1. The fourth-order valence-corrected chi connectivity index (χ4v) is 3.95. The molecule has 0 aliphatic heterocycles. The van der Waals surface area contributed by atoms with E-state index in [1.807, 2.05) is 13.0 Å². The molecule has 0 saturated carbocycles. The van der Waals surface area contributed by atoms with Gasteiger partial charge >= 0.3 is 22.1 Å². The lowest BCUT2D eigenvalue weighted by Crippen LogP contribution is -2.20. The smallest absolute Gasteiger partial charge is 0.341 e. The van der Waals surface area contributed by atoms with Gasteiger partial charge in [0.1, 0.15) is 10.5 Å². The van der Waals surface area contributed by atoms with E-state index in [9.17, 15) is 18.0 Å². The quantitative estimate of drug-likeness (QED) is 0.419. The van der Waals surface area contributed by atoms with Crippen LogP contribution in [0.2, 0.25) is 0 Å². The van der Waals surface area contributed by atoms with Crippen molar-refractivity contribution in [3.8, 4) is 5.75 Å². The highest BCUT2D eigenvalue weighted by Gasteiger charge is 2.22. The Kier molecular flexibility index (Phi) is 6.79. The molecule has 0 aliphatic rings. The molecule has 3 aromatic carbocycles. The molecule has 2 N–H and O–H groups in total. The Morgan fingerprint density at radius 3 is 2.06 bits per heavy atom. The van der Waals surface area contributed by atoms with Gasteiger partial charge in [-0.05, 0) is 61.4 Å². The number of hydrogen-bond donors (Lipinski definition) is 2. The maximum absolute atomic E-state index is 12.7. The van der Waals surface area contributed by atoms with Crippen molar-refractivity contribution in [1.82, 2.24) is 0 Å². The molecule has 2 amide bonds. The molecule has 0 radical (unpaired) electrons. The van der Waals surface area contributed by atoms with E-state index in [2.05, 4.69) is 10.6 Å². The molecule has 3 aromatic rings. The van der Waals surface area contributed by atoms with Crippen LogP contribution in [0.25, 0.3) is 0 Å². The van der Waals surface area contributed by atoms with Crippen LogP contribution >= 0.6 is 0 Å². The number of carbonyl (C=O) groups is 2. The average Bonchev–Trinajstić information content (AvgIpc) is 2.73. The van der Waals surface area contributed by atoms with E-state index in [-0.39, 0.29) is 21.9 Å². The van der Waals surface area contributed by atoms with E-state index < -0.39 is 22.1 Å². The Morgan fingerprint density at radius 2 is 1.44 bits per heavy atom. The predicted molar refractivity (Wildman–Crippen MR) is 121 cm³/mol. The summed E-state index contributed by atoms with van der Waals surface area (Å²) in [4.78, 5) is 24.4. The highest BCUT2D eigenvalue weighted by molar-refractivity contribution is 7.87. The lowest BCUT2D eigenvalue weighted by Gasteiger charge is -2.13. The van der Waals surface area contributed by atoms with Crippen molar-refractivity contribution in [1.29, 1.82) is 0 Å². The van der Waals surface area contributed by atoms with Gasteiger partial charge in [0.25, 0.3) is 0 Å². The van der Waals surface area contributed by atoms with Gasteiger partial charge in [-0.3, -0.25) is 0 Å². The van der Waals surface area contributed by atoms with Gasteiger partial charge < -0.3 is 19.6 Å². The first-order valence-corrected chi connectivity index (χ1v) is 11.0. The summed E-state index contributed by atoms with van der Waals surface area (Å²) < 4.78 is 35.5. The summed E-state index contributed by atoms with van der Waals surface area (Å²) in [5.41, 5.74) is 2.41. The summed E-state index contributed by atoms with van der Waals surface area (Å²) >= 11 is 0. The standard InChI is InChI=1S/C23H22N2O6S/c1-15-6-4-8-17(12-15)24-23(27)25-18-10-11-20(22(26)30-3)21(14-18)31-32(28,29)19-9-5-7-16(2)13-19/h4-14H,1-3H3,(H2,24,25,27). The number of nitrogens with one attached hydrogen (secondary N) is 2. The molecule has 0 bridgehead atoms. The normalized spacial score (nSPS) is 10.8. The third-order valence-electron chi connectivity index (χ3n) is 4.40. The van der Waals surface area contributed by atoms with E-state index in [1.54, 1.807) is 37.3 Å². The summed E-state index contributed by atoms with van der Waals surface area (Å²) in [7, 11) is -3.07. The predicted octanol–water partition coefficient (Wildman–Crippen LogP) is 4.50. The molecule has 0 saturated heterocycles. The minimum absolute atomic E-state index is 0.0659. The zero-order valence-electron chi connectivity index (χ0n) is 17.7. The average molecular weight is 455 g/mol. The van der Waals surface area contributed by atoms with Gasteiger partial charge in [-0.25, -0.2) is 9.59 Å². The Balaban J connectivity index is 1.88. The summed E-state index contributed by atoms with van der Waals surface area (Å²) in [6, 6.07) is 16.8. The van der Waals surface area contributed by atoms with Crippen LogP contribution in [0, 0.1) is 13.8 Å². The molecular formula is C23H22N2O6S. The van der Waals surface area contributed by atoms with Crippen molar-refractivity contribution >= 4 is 33.5 Å². The van der Waals surface area contributed by atoms with Crippen molar-refractivity contribution in [3.63, 3.8) is 0 Å². The lowest BCUT2D eigenvalue weighted by atomic mass is 10.2. The van der Waals surface area contributed by atoms with E-state index in [0.717, 1.165) is 11.1 Å². The number of anilines is 2.